The molecule has 0 aromatic heterocycles. The monoisotopic (exact) mass is 407 g/mol. The van der Waals surface area contributed by atoms with Crippen LogP contribution in [0.5, 0.6) is 0 Å². The number of likely N-dealkylation sites (N-methyl/N-ethyl adjacent to an activating group) is 1. The van der Waals surface area contributed by atoms with Crippen molar-refractivity contribution >= 4 is 15.7 Å². The van der Waals surface area contributed by atoms with Gasteiger partial charge in [0.15, 0.2) is 9.84 Å². The SMILES string of the molecule is CCC(C)S(=O)(=O)CC1CCC(CCc2cccc(CC(=O)N(C)C)c2)CC1. The molecule has 0 heterocycles. The average molecular weight is 408 g/mol. The Morgan fingerprint density at radius 3 is 2.32 bits per heavy atom. The van der Waals surface area contributed by atoms with Gasteiger partial charge in [0.05, 0.1) is 17.4 Å². The van der Waals surface area contributed by atoms with E-state index in [0.717, 1.165) is 44.1 Å². The van der Waals surface area contributed by atoms with Crippen molar-refractivity contribution in [3.05, 3.63) is 35.4 Å². The molecule has 1 aliphatic rings. The molecule has 0 saturated heterocycles. The lowest BCUT2D eigenvalue weighted by Crippen LogP contribution is -2.27. The lowest BCUT2D eigenvalue weighted by Gasteiger charge is -2.29. The van der Waals surface area contributed by atoms with Crippen molar-refractivity contribution in [3.63, 3.8) is 0 Å². The summed E-state index contributed by atoms with van der Waals surface area (Å²) in [6.45, 7) is 3.78. The summed E-state index contributed by atoms with van der Waals surface area (Å²) in [6.07, 6.45) is 7.70. The molecule has 1 atom stereocenters. The normalized spacial score (nSPS) is 21.3. The van der Waals surface area contributed by atoms with Gasteiger partial charge in [0, 0.05) is 14.1 Å². The number of amides is 1. The van der Waals surface area contributed by atoms with Gasteiger partial charge in [-0.05, 0) is 62.0 Å². The molecule has 1 unspecified atom stereocenters. The molecule has 1 fully saturated rings. The third-order valence-corrected chi connectivity index (χ3v) is 8.80. The predicted octanol–water partition coefficient (Wildman–Crippen LogP) is 4.27. The van der Waals surface area contributed by atoms with Gasteiger partial charge in [-0.2, -0.15) is 0 Å². The molecule has 5 heteroatoms. The van der Waals surface area contributed by atoms with Crippen LogP contribution in [0.4, 0.5) is 0 Å². The number of rotatable bonds is 9. The van der Waals surface area contributed by atoms with E-state index in [1.54, 1.807) is 19.0 Å². The van der Waals surface area contributed by atoms with Crippen LogP contribution in [0.25, 0.3) is 0 Å². The Bertz CT molecular complexity index is 734. The molecule has 0 radical (unpaired) electrons. The van der Waals surface area contributed by atoms with Crippen LogP contribution in [0.15, 0.2) is 24.3 Å². The van der Waals surface area contributed by atoms with E-state index in [2.05, 4.69) is 12.1 Å². The van der Waals surface area contributed by atoms with Gasteiger partial charge in [-0.3, -0.25) is 4.79 Å². The maximum absolute atomic E-state index is 12.3. The highest BCUT2D eigenvalue weighted by molar-refractivity contribution is 7.92. The molecule has 4 nitrogen and oxygen atoms in total. The molecule has 1 amide bonds. The first kappa shape index (κ1) is 22.9. The zero-order valence-corrected chi connectivity index (χ0v) is 18.8. The lowest BCUT2D eigenvalue weighted by molar-refractivity contribution is -0.127. The standard InChI is InChI=1S/C23H37NO3S/c1-5-18(2)28(26,27)17-21-13-10-19(11-14-21)9-12-20-7-6-8-22(15-20)16-23(25)24(3)4/h6-8,15,18-19,21H,5,9-14,16-17H2,1-4H3. The molecule has 28 heavy (non-hydrogen) atoms. The first-order valence-corrected chi connectivity index (χ1v) is 12.4. The Morgan fingerprint density at radius 2 is 1.71 bits per heavy atom. The topological polar surface area (TPSA) is 54.5 Å². The van der Waals surface area contributed by atoms with Crippen molar-refractivity contribution in [1.29, 1.82) is 0 Å². The van der Waals surface area contributed by atoms with Gasteiger partial charge in [0.1, 0.15) is 0 Å². The van der Waals surface area contributed by atoms with Crippen molar-refractivity contribution in [1.82, 2.24) is 4.90 Å². The van der Waals surface area contributed by atoms with Crippen LogP contribution in [0.3, 0.4) is 0 Å². The number of carbonyl (C=O) groups is 1. The largest absolute Gasteiger partial charge is 0.349 e. The molecule has 1 aromatic rings. The summed E-state index contributed by atoms with van der Waals surface area (Å²) in [5.41, 5.74) is 2.38. The van der Waals surface area contributed by atoms with Crippen molar-refractivity contribution in [2.24, 2.45) is 11.8 Å². The van der Waals surface area contributed by atoms with Gasteiger partial charge in [-0.1, -0.05) is 44.0 Å². The van der Waals surface area contributed by atoms with Crippen LogP contribution in [-0.2, 0) is 27.5 Å². The molecule has 158 valence electrons. The molecule has 0 spiro atoms. The highest BCUT2D eigenvalue weighted by atomic mass is 32.2. The molecule has 1 aliphatic carbocycles. The van der Waals surface area contributed by atoms with E-state index < -0.39 is 9.84 Å². The maximum atomic E-state index is 12.3. The van der Waals surface area contributed by atoms with Gasteiger partial charge < -0.3 is 4.90 Å². The first-order chi connectivity index (χ1) is 13.2. The highest BCUT2D eigenvalue weighted by Crippen LogP contribution is 2.33. The van der Waals surface area contributed by atoms with Crippen LogP contribution < -0.4 is 0 Å². The third kappa shape index (κ3) is 6.91. The second-order valence-electron chi connectivity index (χ2n) is 8.76. The molecule has 2 rings (SSSR count). The highest BCUT2D eigenvalue weighted by Gasteiger charge is 2.28. The summed E-state index contributed by atoms with van der Waals surface area (Å²) in [5.74, 6) is 1.53. The first-order valence-electron chi connectivity index (χ1n) is 10.7. The number of hydrogen-bond acceptors (Lipinski definition) is 3. The van der Waals surface area contributed by atoms with E-state index in [4.69, 9.17) is 0 Å². The van der Waals surface area contributed by atoms with Gasteiger partial charge in [0.2, 0.25) is 5.91 Å². The smallest absolute Gasteiger partial charge is 0.226 e. The Labute approximate surface area is 171 Å². The number of aryl methyl sites for hydroxylation is 1. The fourth-order valence-electron chi connectivity index (χ4n) is 4.03. The van der Waals surface area contributed by atoms with Crippen LogP contribution in [0.2, 0.25) is 0 Å². The Kier molecular flexibility index (Phi) is 8.54. The van der Waals surface area contributed by atoms with E-state index in [-0.39, 0.29) is 11.2 Å². The Hall–Kier alpha value is -1.36. The van der Waals surface area contributed by atoms with Crippen LogP contribution in [0.1, 0.15) is 63.5 Å². The fourth-order valence-corrected chi connectivity index (χ4v) is 5.86. The van der Waals surface area contributed by atoms with Crippen molar-refractivity contribution in [3.8, 4) is 0 Å². The van der Waals surface area contributed by atoms with Crippen LogP contribution >= 0.6 is 0 Å². The molecule has 1 aromatic carbocycles. The van der Waals surface area contributed by atoms with Gasteiger partial charge in [-0.15, -0.1) is 0 Å². The number of benzene rings is 1. The zero-order chi connectivity index (χ0) is 20.7. The van der Waals surface area contributed by atoms with Gasteiger partial charge >= 0.3 is 0 Å². The summed E-state index contributed by atoms with van der Waals surface area (Å²) in [4.78, 5) is 13.5. The molecule has 0 N–H and O–H groups in total. The Balaban J connectivity index is 1.79. The van der Waals surface area contributed by atoms with E-state index in [1.807, 2.05) is 26.0 Å². The van der Waals surface area contributed by atoms with Gasteiger partial charge in [0.25, 0.3) is 0 Å². The zero-order valence-electron chi connectivity index (χ0n) is 18.0. The van der Waals surface area contributed by atoms with E-state index >= 15 is 0 Å². The summed E-state index contributed by atoms with van der Waals surface area (Å²) in [6, 6.07) is 8.37. The second-order valence-corrected chi connectivity index (χ2v) is 11.2. The molecular formula is C23H37NO3S. The minimum atomic E-state index is -2.93. The van der Waals surface area contributed by atoms with Crippen molar-refractivity contribution in [2.45, 2.75) is 70.5 Å². The number of sulfone groups is 1. The van der Waals surface area contributed by atoms with E-state index in [1.165, 1.54) is 5.56 Å². The molecule has 0 bridgehead atoms. The number of hydrogen-bond donors (Lipinski definition) is 0. The third-order valence-electron chi connectivity index (χ3n) is 6.31. The quantitative estimate of drug-likeness (QED) is 0.614. The summed E-state index contributed by atoms with van der Waals surface area (Å²) >= 11 is 0. The van der Waals surface area contributed by atoms with E-state index in [0.29, 0.717) is 30.4 Å². The fraction of sp³-hybridized carbons (Fsp3) is 0.696. The van der Waals surface area contributed by atoms with E-state index in [9.17, 15) is 13.2 Å². The average Bonchev–Trinajstić information content (AvgIpc) is 2.66. The van der Waals surface area contributed by atoms with Crippen molar-refractivity contribution in [2.75, 3.05) is 19.8 Å². The number of carbonyl (C=O) groups excluding carboxylic acids is 1. The minimum Gasteiger partial charge on any atom is -0.349 e. The predicted molar refractivity (Wildman–Crippen MR) is 116 cm³/mol. The lowest BCUT2D eigenvalue weighted by atomic mass is 9.80. The molecule has 0 aliphatic heterocycles. The minimum absolute atomic E-state index is 0.128. The summed E-state index contributed by atoms with van der Waals surface area (Å²) in [7, 11) is 0.642. The summed E-state index contributed by atoms with van der Waals surface area (Å²) in [5, 5.41) is -0.211. The number of nitrogens with zero attached hydrogens (tertiary/aromatic N) is 1. The van der Waals surface area contributed by atoms with Crippen molar-refractivity contribution < 1.29 is 13.2 Å². The second kappa shape index (κ2) is 10.4. The van der Waals surface area contributed by atoms with Crippen LogP contribution in [-0.4, -0.2) is 44.3 Å². The van der Waals surface area contributed by atoms with Gasteiger partial charge in [-0.25, -0.2) is 8.42 Å². The van der Waals surface area contributed by atoms with Crippen LogP contribution in [0, 0.1) is 11.8 Å². The Morgan fingerprint density at radius 1 is 1.11 bits per heavy atom. The molecular weight excluding hydrogens is 370 g/mol. The summed E-state index contributed by atoms with van der Waals surface area (Å²) < 4.78 is 24.7. The molecule has 1 saturated carbocycles. The maximum Gasteiger partial charge on any atom is 0.226 e.